The molecule has 0 saturated carbocycles. The van der Waals surface area contributed by atoms with Crippen molar-refractivity contribution in [3.8, 4) is 0 Å². The number of hydrogen-bond acceptors (Lipinski definition) is 2. The second-order valence-electron chi connectivity index (χ2n) is 3.22. The van der Waals surface area contributed by atoms with Crippen molar-refractivity contribution in [1.82, 2.24) is 4.90 Å². The fourth-order valence-corrected chi connectivity index (χ4v) is 1.54. The third kappa shape index (κ3) is 3.37. The van der Waals surface area contributed by atoms with E-state index in [9.17, 15) is 0 Å². The Morgan fingerprint density at radius 2 is 1.73 bits per heavy atom. The first-order valence-electron chi connectivity index (χ1n) is 4.34. The Labute approximate surface area is 68.1 Å². The quantitative estimate of drug-likeness (QED) is 0.458. The lowest BCUT2D eigenvalue weighted by Gasteiger charge is -2.17. The molecular formula is C8H17N3. The van der Waals surface area contributed by atoms with Gasteiger partial charge in [-0.3, -0.25) is 10.3 Å². The van der Waals surface area contributed by atoms with Gasteiger partial charge in [0.2, 0.25) is 0 Å². The summed E-state index contributed by atoms with van der Waals surface area (Å²) >= 11 is 0. The summed E-state index contributed by atoms with van der Waals surface area (Å²) in [6.07, 6.45) is 5.23. The lowest BCUT2D eigenvalue weighted by atomic mass is 10.2. The van der Waals surface area contributed by atoms with Crippen LogP contribution in [0.2, 0.25) is 0 Å². The molecule has 0 radical (unpaired) electrons. The zero-order valence-corrected chi connectivity index (χ0v) is 6.97. The standard InChI is InChI=1S/C8H17N3/c9-8(10)7-11-5-3-1-2-4-6-11/h1-7H2,(H3,9,10). The number of nitrogens with zero attached hydrogens (tertiary/aromatic N) is 1. The second-order valence-corrected chi connectivity index (χ2v) is 3.22. The molecule has 0 bridgehead atoms. The summed E-state index contributed by atoms with van der Waals surface area (Å²) < 4.78 is 0. The van der Waals surface area contributed by atoms with Crippen LogP contribution in [0.4, 0.5) is 0 Å². The summed E-state index contributed by atoms with van der Waals surface area (Å²) in [6.45, 7) is 2.92. The van der Waals surface area contributed by atoms with E-state index >= 15 is 0 Å². The van der Waals surface area contributed by atoms with Gasteiger partial charge in [0, 0.05) is 0 Å². The van der Waals surface area contributed by atoms with Crippen LogP contribution in [0.3, 0.4) is 0 Å². The molecule has 1 aliphatic heterocycles. The number of nitrogens with two attached hydrogens (primary N) is 1. The molecule has 64 valence electrons. The van der Waals surface area contributed by atoms with Gasteiger partial charge in [-0.1, -0.05) is 12.8 Å². The number of likely N-dealkylation sites (tertiary alicyclic amines) is 1. The molecule has 0 aromatic rings. The molecule has 1 aliphatic rings. The van der Waals surface area contributed by atoms with Crippen LogP contribution in [0, 0.1) is 5.41 Å². The van der Waals surface area contributed by atoms with E-state index in [-0.39, 0.29) is 0 Å². The number of hydrogen-bond donors (Lipinski definition) is 2. The lowest BCUT2D eigenvalue weighted by Crippen LogP contribution is -2.33. The predicted molar refractivity (Wildman–Crippen MR) is 46.8 cm³/mol. The van der Waals surface area contributed by atoms with Gasteiger partial charge >= 0.3 is 0 Å². The van der Waals surface area contributed by atoms with Crippen LogP contribution in [0.25, 0.3) is 0 Å². The number of nitrogens with one attached hydrogen (secondary N) is 1. The van der Waals surface area contributed by atoms with Crippen molar-refractivity contribution in [2.24, 2.45) is 5.73 Å². The van der Waals surface area contributed by atoms with E-state index in [2.05, 4.69) is 4.90 Å². The van der Waals surface area contributed by atoms with Crippen molar-refractivity contribution in [3.05, 3.63) is 0 Å². The zero-order chi connectivity index (χ0) is 8.10. The van der Waals surface area contributed by atoms with Gasteiger partial charge in [-0.05, 0) is 25.9 Å². The third-order valence-electron chi connectivity index (χ3n) is 2.09. The third-order valence-corrected chi connectivity index (χ3v) is 2.09. The predicted octanol–water partition coefficient (Wildman–Crippen LogP) is 0.798. The van der Waals surface area contributed by atoms with Crippen molar-refractivity contribution < 1.29 is 0 Å². The van der Waals surface area contributed by atoms with E-state index in [4.69, 9.17) is 11.1 Å². The Morgan fingerprint density at radius 3 is 2.18 bits per heavy atom. The molecule has 3 nitrogen and oxygen atoms in total. The summed E-state index contributed by atoms with van der Waals surface area (Å²) in [5.41, 5.74) is 5.32. The average molecular weight is 155 g/mol. The van der Waals surface area contributed by atoms with Gasteiger partial charge < -0.3 is 5.73 Å². The van der Waals surface area contributed by atoms with Crippen LogP contribution < -0.4 is 5.73 Å². The van der Waals surface area contributed by atoms with E-state index in [0.717, 1.165) is 13.1 Å². The maximum atomic E-state index is 7.14. The summed E-state index contributed by atoms with van der Waals surface area (Å²) in [5.74, 6) is 0.298. The molecule has 1 rings (SSSR count). The molecule has 1 saturated heterocycles. The molecule has 11 heavy (non-hydrogen) atoms. The fourth-order valence-electron chi connectivity index (χ4n) is 1.54. The average Bonchev–Trinajstić information content (AvgIpc) is 2.14. The summed E-state index contributed by atoms with van der Waals surface area (Å²) in [5, 5.41) is 7.14. The SMILES string of the molecule is N=C(N)CN1CCCCCC1. The van der Waals surface area contributed by atoms with Crippen LogP contribution in [-0.2, 0) is 0 Å². The first-order valence-corrected chi connectivity index (χ1v) is 4.34. The Morgan fingerprint density at radius 1 is 1.18 bits per heavy atom. The topological polar surface area (TPSA) is 53.1 Å². The molecule has 1 fully saturated rings. The summed E-state index contributed by atoms with van der Waals surface area (Å²) in [4.78, 5) is 2.27. The summed E-state index contributed by atoms with van der Waals surface area (Å²) in [7, 11) is 0. The van der Waals surface area contributed by atoms with Gasteiger partial charge in [0.1, 0.15) is 5.84 Å². The Balaban J connectivity index is 2.25. The minimum Gasteiger partial charge on any atom is -0.387 e. The molecule has 0 spiro atoms. The van der Waals surface area contributed by atoms with Crippen molar-refractivity contribution in [1.29, 1.82) is 5.41 Å². The van der Waals surface area contributed by atoms with E-state index < -0.39 is 0 Å². The van der Waals surface area contributed by atoms with E-state index in [1.807, 2.05) is 0 Å². The lowest BCUT2D eigenvalue weighted by molar-refractivity contribution is 0.323. The fraction of sp³-hybridized carbons (Fsp3) is 0.875. The maximum Gasteiger partial charge on any atom is 0.105 e. The molecule has 0 unspecified atom stereocenters. The molecule has 0 amide bonds. The highest BCUT2D eigenvalue weighted by Gasteiger charge is 2.08. The smallest absolute Gasteiger partial charge is 0.105 e. The van der Waals surface area contributed by atoms with E-state index in [0.29, 0.717) is 12.4 Å². The van der Waals surface area contributed by atoms with Gasteiger partial charge in [-0.15, -0.1) is 0 Å². The molecule has 1 heterocycles. The Kier molecular flexibility index (Phi) is 3.36. The highest BCUT2D eigenvalue weighted by atomic mass is 15.1. The van der Waals surface area contributed by atoms with Crippen LogP contribution in [0.1, 0.15) is 25.7 Å². The van der Waals surface area contributed by atoms with E-state index in [1.165, 1.54) is 25.7 Å². The van der Waals surface area contributed by atoms with Crippen LogP contribution in [0.15, 0.2) is 0 Å². The molecule has 0 aromatic heterocycles. The Bertz CT molecular complexity index is 125. The Hall–Kier alpha value is -0.570. The van der Waals surface area contributed by atoms with Gasteiger partial charge in [0.05, 0.1) is 6.54 Å². The largest absolute Gasteiger partial charge is 0.387 e. The van der Waals surface area contributed by atoms with Crippen molar-refractivity contribution >= 4 is 5.84 Å². The monoisotopic (exact) mass is 155 g/mol. The van der Waals surface area contributed by atoms with Crippen molar-refractivity contribution in [3.63, 3.8) is 0 Å². The van der Waals surface area contributed by atoms with Crippen LogP contribution in [0.5, 0.6) is 0 Å². The minimum atomic E-state index is 0.298. The van der Waals surface area contributed by atoms with Gasteiger partial charge in [0.25, 0.3) is 0 Å². The van der Waals surface area contributed by atoms with Crippen molar-refractivity contribution in [2.45, 2.75) is 25.7 Å². The highest BCUT2D eigenvalue weighted by Crippen LogP contribution is 2.08. The number of amidine groups is 1. The van der Waals surface area contributed by atoms with Crippen molar-refractivity contribution in [2.75, 3.05) is 19.6 Å². The minimum absolute atomic E-state index is 0.298. The first-order chi connectivity index (χ1) is 5.29. The molecule has 3 heteroatoms. The molecule has 0 atom stereocenters. The molecule has 3 N–H and O–H groups in total. The van der Waals surface area contributed by atoms with Crippen LogP contribution >= 0.6 is 0 Å². The normalized spacial score (nSPS) is 21.1. The van der Waals surface area contributed by atoms with Gasteiger partial charge in [0.15, 0.2) is 0 Å². The molecule has 0 aromatic carbocycles. The van der Waals surface area contributed by atoms with Crippen LogP contribution in [-0.4, -0.2) is 30.4 Å². The first kappa shape index (κ1) is 8.53. The highest BCUT2D eigenvalue weighted by molar-refractivity contribution is 5.78. The maximum absolute atomic E-state index is 7.14. The van der Waals surface area contributed by atoms with Gasteiger partial charge in [-0.2, -0.15) is 0 Å². The molecule has 0 aliphatic carbocycles. The number of rotatable bonds is 2. The van der Waals surface area contributed by atoms with Gasteiger partial charge in [-0.25, -0.2) is 0 Å². The second kappa shape index (κ2) is 4.34. The summed E-state index contributed by atoms with van der Waals surface area (Å²) in [6, 6.07) is 0. The molecular weight excluding hydrogens is 138 g/mol. The van der Waals surface area contributed by atoms with E-state index in [1.54, 1.807) is 0 Å². The zero-order valence-electron chi connectivity index (χ0n) is 6.97.